The van der Waals surface area contributed by atoms with E-state index in [4.69, 9.17) is 19.9 Å². The van der Waals surface area contributed by atoms with Gasteiger partial charge >= 0.3 is 0 Å². The van der Waals surface area contributed by atoms with Gasteiger partial charge in [0.15, 0.2) is 30.5 Å². The first-order valence-corrected chi connectivity index (χ1v) is 21.3. The third kappa shape index (κ3) is 9.68. The molecule has 15 nitrogen and oxygen atoms in total. The van der Waals surface area contributed by atoms with Crippen molar-refractivity contribution in [2.24, 2.45) is 46.2 Å². The number of fused-ring (bicyclic) bond motifs is 1. The van der Waals surface area contributed by atoms with Gasteiger partial charge in [-0.2, -0.15) is 0 Å². The lowest BCUT2D eigenvalue weighted by Gasteiger charge is -2.53. The summed E-state index contributed by atoms with van der Waals surface area (Å²) in [6.07, 6.45) is 9.24. The lowest BCUT2D eigenvalue weighted by Crippen LogP contribution is -2.95. The van der Waals surface area contributed by atoms with Crippen LogP contribution in [0, 0.1) is 42.1 Å². The van der Waals surface area contributed by atoms with Gasteiger partial charge in [-0.25, -0.2) is 0 Å². The summed E-state index contributed by atoms with van der Waals surface area (Å²) < 4.78 is 16.8. The van der Waals surface area contributed by atoms with E-state index < -0.39 is 84.6 Å². The molecule has 0 radical (unpaired) electrons. The van der Waals surface area contributed by atoms with E-state index in [1.54, 1.807) is 11.9 Å². The van der Waals surface area contributed by atoms with Crippen LogP contribution < -0.4 is 16.2 Å². The summed E-state index contributed by atoms with van der Waals surface area (Å²) in [7, 11) is 0. The van der Waals surface area contributed by atoms with Gasteiger partial charge in [0.2, 0.25) is 11.7 Å². The summed E-state index contributed by atoms with van der Waals surface area (Å²) in [5.74, 6) is -2.53. The predicted octanol–water partition coefficient (Wildman–Crippen LogP) is -1.13. The topological polar surface area (TPSA) is 262 Å². The Morgan fingerprint density at radius 3 is 2.51 bits per heavy atom. The Bertz CT molecular complexity index is 1480. The number of carbonyl (C=O) groups excluding carboxylic acids is 3. The minimum Gasteiger partial charge on any atom is -0.547 e. The summed E-state index contributed by atoms with van der Waals surface area (Å²) in [6, 6.07) is 0. The van der Waals surface area contributed by atoms with Gasteiger partial charge < -0.3 is 60.7 Å². The molecule has 2 saturated heterocycles. The standard InChI is InChI=1S/C42H63N3O12/c1-24(6-5-9-25-7-3-2-4-8-25)28(18-26-16-17-44-20-26)21-45-22-41(53)40(57-36(39(51)52)37(49)42(41,54)23-46)55-30-14-15-31-32(19-30)56-35(38(43)50)33(34(31)48)27-10-12-29(47)13-11-27/h5,9,16-17,20,23-25,27-37,40,45,47-49,53-54H,2-4,6-8,10-15,18-19,21-22H2,1H3,(H2-,43,50,51,52)/p+2. The molecule has 0 aromatic rings. The van der Waals surface area contributed by atoms with Crippen LogP contribution in [0.3, 0.4) is 0 Å². The quantitative estimate of drug-likeness (QED) is 0.0425. The second kappa shape index (κ2) is 19.1. The van der Waals surface area contributed by atoms with Crippen LogP contribution in [0.15, 0.2) is 28.8 Å². The van der Waals surface area contributed by atoms with E-state index >= 15 is 0 Å². The van der Waals surface area contributed by atoms with Crippen LogP contribution in [-0.4, -0.2) is 128 Å². The summed E-state index contributed by atoms with van der Waals surface area (Å²) in [5.41, 5.74) is 1.25. The third-order valence-electron chi connectivity index (χ3n) is 14.2. The summed E-state index contributed by atoms with van der Waals surface area (Å²) in [6.45, 7) is 3.94. The molecule has 15 heteroatoms. The fraction of sp³-hybridized carbons (Fsp3) is 0.786. The molecule has 6 aliphatic rings. The first kappa shape index (κ1) is 43.8. The lowest BCUT2D eigenvalue weighted by atomic mass is 9.66. The SMILES string of the molecule is CC(CC=CC1CCCCC1)C(C[NH2+]CC1(O)C(OC2CCC3C(C2)[OH+]C(C(N)=O)C(C2CCC(O)CC2)C3O)OC(C(=O)[O-])C(O)C1(O)C=O)CC1=C[CH+]N=C1. The number of nitrogens with zero attached hydrogens (tertiary/aromatic N) is 1. The van der Waals surface area contributed by atoms with E-state index in [2.05, 4.69) is 24.1 Å². The second-order valence-corrected chi connectivity index (χ2v) is 17.9. The van der Waals surface area contributed by atoms with Crippen molar-refractivity contribution in [2.75, 3.05) is 13.1 Å². The van der Waals surface area contributed by atoms with Crippen molar-refractivity contribution < 1.29 is 64.6 Å². The highest BCUT2D eigenvalue weighted by molar-refractivity contribution is 5.82. The van der Waals surface area contributed by atoms with E-state index in [0.29, 0.717) is 57.4 Å². The number of allylic oxidation sites excluding steroid dienone is 3. The molecule has 5 fully saturated rings. The monoisotopic (exact) mass is 803 g/mol. The number of amides is 1. The molecule has 3 aliphatic carbocycles. The number of aliphatic imine (C=N–C) groups is 1. The summed E-state index contributed by atoms with van der Waals surface area (Å²) in [4.78, 5) is 41.8. The van der Waals surface area contributed by atoms with Crippen molar-refractivity contribution in [1.29, 1.82) is 0 Å². The molecule has 6 rings (SSSR count). The smallest absolute Gasteiger partial charge is 0.297 e. The van der Waals surface area contributed by atoms with E-state index in [1.165, 1.54) is 32.1 Å². The molecule has 0 aromatic carbocycles. The molecule has 0 bridgehead atoms. The molecule has 1 amide bonds. The van der Waals surface area contributed by atoms with Crippen molar-refractivity contribution in [1.82, 2.24) is 0 Å². The van der Waals surface area contributed by atoms with Crippen molar-refractivity contribution in [3.05, 3.63) is 30.3 Å². The minimum absolute atomic E-state index is 0.0302. The summed E-state index contributed by atoms with van der Waals surface area (Å²) in [5, 5.41) is 70.7. The van der Waals surface area contributed by atoms with E-state index in [0.717, 1.165) is 12.0 Å². The zero-order valence-corrected chi connectivity index (χ0v) is 33.1. The zero-order chi connectivity index (χ0) is 40.9. The van der Waals surface area contributed by atoms with Gasteiger partial charge in [0.25, 0.3) is 5.91 Å². The highest BCUT2D eigenvalue weighted by Crippen LogP contribution is 2.46. The highest BCUT2D eigenvalue weighted by atomic mass is 16.7. The Morgan fingerprint density at radius 1 is 1.12 bits per heavy atom. The van der Waals surface area contributed by atoms with Crippen LogP contribution >= 0.6 is 0 Å². The van der Waals surface area contributed by atoms with Crippen LogP contribution in [0.25, 0.3) is 0 Å². The van der Waals surface area contributed by atoms with E-state index in [-0.39, 0.29) is 36.4 Å². The van der Waals surface area contributed by atoms with Gasteiger partial charge in [0.1, 0.15) is 30.9 Å². The van der Waals surface area contributed by atoms with Crippen molar-refractivity contribution in [3.63, 3.8) is 0 Å². The van der Waals surface area contributed by atoms with Gasteiger partial charge in [0.05, 0.1) is 48.7 Å². The number of quaternary nitrogens is 1. The fourth-order valence-electron chi connectivity index (χ4n) is 10.6. The number of hydrogen-bond acceptors (Lipinski definition) is 12. The highest BCUT2D eigenvalue weighted by Gasteiger charge is 2.68. The molecule has 13 atom stereocenters. The predicted molar refractivity (Wildman–Crippen MR) is 204 cm³/mol. The maximum absolute atomic E-state index is 12.7. The number of carboxylic acid groups (broad SMARTS) is 1. The average Bonchev–Trinajstić information content (AvgIpc) is 3.71. The fourth-order valence-corrected chi connectivity index (χ4v) is 10.6. The number of aliphatic carboxylic acids is 1. The molecule has 10 N–H and O–H groups in total. The number of aldehydes is 1. The van der Waals surface area contributed by atoms with Crippen LogP contribution in [0.4, 0.5) is 0 Å². The van der Waals surface area contributed by atoms with Gasteiger partial charge in [-0.05, 0) is 75.5 Å². The molecule has 0 aromatic heterocycles. The number of ether oxygens (including phenoxy) is 3. The largest absolute Gasteiger partial charge is 0.547 e. The number of rotatable bonds is 16. The first-order chi connectivity index (χ1) is 27.3. The molecule has 3 heterocycles. The van der Waals surface area contributed by atoms with Crippen LogP contribution in [0.2, 0.25) is 0 Å². The molecule has 318 valence electrons. The molecule has 3 aliphatic heterocycles. The average molecular weight is 804 g/mol. The zero-order valence-electron chi connectivity index (χ0n) is 33.1. The minimum atomic E-state index is -3.02. The van der Waals surface area contributed by atoms with Crippen LogP contribution in [0.1, 0.15) is 96.8 Å². The van der Waals surface area contributed by atoms with Crippen LogP contribution in [-0.2, 0) is 23.9 Å². The molecule has 57 heavy (non-hydrogen) atoms. The van der Waals surface area contributed by atoms with Crippen molar-refractivity contribution in [2.45, 2.75) is 157 Å². The molecule has 13 unspecified atom stereocenters. The number of hydrogen-bond donors (Lipinski definition) is 7. The Hall–Kier alpha value is -2.73. The Morgan fingerprint density at radius 2 is 1.86 bits per heavy atom. The van der Waals surface area contributed by atoms with E-state index in [9.17, 15) is 45.0 Å². The van der Waals surface area contributed by atoms with E-state index in [1.807, 2.05) is 12.3 Å². The number of carboxylic acids is 1. The van der Waals surface area contributed by atoms with Crippen molar-refractivity contribution >= 4 is 24.4 Å². The second-order valence-electron chi connectivity index (χ2n) is 17.9. The van der Waals surface area contributed by atoms with Crippen molar-refractivity contribution in [3.8, 4) is 0 Å². The number of aliphatic hydroxyl groups is 7. The Balaban J connectivity index is 1.17. The first-order valence-electron chi connectivity index (χ1n) is 21.3. The maximum Gasteiger partial charge on any atom is 0.297 e. The van der Waals surface area contributed by atoms with Gasteiger partial charge in [-0.1, -0.05) is 38.3 Å². The normalized spacial score (nSPS) is 41.2. The third-order valence-corrected chi connectivity index (χ3v) is 14.2. The molecular weight excluding hydrogens is 738 g/mol. The molecule has 0 spiro atoms. The number of nitrogens with two attached hydrogens (primary N) is 2. The van der Waals surface area contributed by atoms with Gasteiger partial charge in [0, 0.05) is 18.8 Å². The maximum atomic E-state index is 12.7. The number of primary amides is 1. The molecular formula is C42H65N3O12+2. The Labute approximate surface area is 335 Å². The van der Waals surface area contributed by atoms with Crippen LogP contribution in [0.5, 0.6) is 0 Å². The molecule has 3 saturated carbocycles. The number of carbonyl (C=O) groups is 3. The summed E-state index contributed by atoms with van der Waals surface area (Å²) >= 11 is 0. The lowest BCUT2D eigenvalue weighted by molar-refractivity contribution is -0.682. The number of aliphatic hydroxyl groups excluding tert-OH is 3. The van der Waals surface area contributed by atoms with Gasteiger partial charge in [-0.15, -0.1) is 4.99 Å². The van der Waals surface area contributed by atoms with Gasteiger partial charge in [-0.3, -0.25) is 9.59 Å². The Kier molecular flexibility index (Phi) is 14.7.